The third kappa shape index (κ3) is 5.28. The molecule has 118 valence electrons. The maximum atomic E-state index is 13.4. The predicted molar refractivity (Wildman–Crippen MR) is 85.4 cm³/mol. The lowest BCUT2D eigenvalue weighted by Crippen LogP contribution is -2.23. The van der Waals surface area contributed by atoms with Crippen molar-refractivity contribution < 1.29 is 19.1 Å². The molecular formula is C17H15FN2O3. The second-order valence-electron chi connectivity index (χ2n) is 4.72. The van der Waals surface area contributed by atoms with E-state index in [1.807, 2.05) is 0 Å². The first-order valence-corrected chi connectivity index (χ1v) is 6.84. The van der Waals surface area contributed by atoms with E-state index in [1.165, 1.54) is 18.3 Å². The smallest absolute Gasteiger partial charge is 0.323 e. The Bertz CT molecular complexity index is 727. The van der Waals surface area contributed by atoms with Crippen molar-refractivity contribution in [3.05, 3.63) is 71.7 Å². The number of hydrogen-bond donors (Lipinski definition) is 3. The molecule has 0 atom stereocenters. The van der Waals surface area contributed by atoms with Crippen LogP contribution in [-0.2, 0) is 11.2 Å². The first-order chi connectivity index (χ1) is 11.0. The molecule has 0 bridgehead atoms. The van der Waals surface area contributed by atoms with Crippen LogP contribution in [0.2, 0.25) is 0 Å². The molecular weight excluding hydrogens is 299 g/mol. The van der Waals surface area contributed by atoms with E-state index in [0.29, 0.717) is 16.8 Å². The summed E-state index contributed by atoms with van der Waals surface area (Å²) < 4.78 is 13.4. The van der Waals surface area contributed by atoms with Crippen LogP contribution in [0.25, 0.3) is 6.08 Å². The standard InChI is InChI=1S/C17H15FN2O3/c18-15-4-2-1-3-13(15)9-10-19-17(23)20-14-7-5-12(6-8-14)11-16(21)22/h1-10H,11H2,(H,21,22)(H2,19,20,23)/b10-9+. The van der Waals surface area contributed by atoms with Crippen LogP contribution in [-0.4, -0.2) is 17.1 Å². The average molecular weight is 314 g/mol. The SMILES string of the molecule is O=C(O)Cc1ccc(NC(=O)N/C=C/c2ccccc2F)cc1. The van der Waals surface area contributed by atoms with Gasteiger partial charge in [-0.25, -0.2) is 9.18 Å². The van der Waals surface area contributed by atoms with Gasteiger partial charge in [-0.05, 0) is 29.8 Å². The number of hydrogen-bond acceptors (Lipinski definition) is 2. The van der Waals surface area contributed by atoms with Crippen molar-refractivity contribution in [2.45, 2.75) is 6.42 Å². The first kappa shape index (κ1) is 16.2. The van der Waals surface area contributed by atoms with E-state index < -0.39 is 12.0 Å². The fourth-order valence-corrected chi connectivity index (χ4v) is 1.87. The molecule has 0 unspecified atom stereocenters. The Morgan fingerprint density at radius 1 is 1.09 bits per heavy atom. The number of carbonyl (C=O) groups is 2. The molecule has 0 saturated heterocycles. The Balaban J connectivity index is 1.87. The summed E-state index contributed by atoms with van der Waals surface area (Å²) in [4.78, 5) is 22.3. The second-order valence-corrected chi connectivity index (χ2v) is 4.72. The van der Waals surface area contributed by atoms with Crippen molar-refractivity contribution in [3.63, 3.8) is 0 Å². The average Bonchev–Trinajstić information content (AvgIpc) is 2.51. The van der Waals surface area contributed by atoms with E-state index in [-0.39, 0.29) is 12.2 Å². The summed E-state index contributed by atoms with van der Waals surface area (Å²) in [5.74, 6) is -1.29. The van der Waals surface area contributed by atoms with E-state index >= 15 is 0 Å². The predicted octanol–water partition coefficient (Wildman–Crippen LogP) is 3.25. The van der Waals surface area contributed by atoms with Crippen LogP contribution in [0, 0.1) is 5.82 Å². The van der Waals surface area contributed by atoms with Gasteiger partial charge in [-0.2, -0.15) is 0 Å². The lowest BCUT2D eigenvalue weighted by atomic mass is 10.1. The highest BCUT2D eigenvalue weighted by atomic mass is 19.1. The monoisotopic (exact) mass is 314 g/mol. The van der Waals surface area contributed by atoms with Gasteiger partial charge >= 0.3 is 12.0 Å². The van der Waals surface area contributed by atoms with Gasteiger partial charge in [-0.1, -0.05) is 30.3 Å². The Morgan fingerprint density at radius 2 is 1.78 bits per heavy atom. The number of urea groups is 1. The molecule has 2 aromatic carbocycles. The topological polar surface area (TPSA) is 78.4 Å². The van der Waals surface area contributed by atoms with Crippen LogP contribution in [0.1, 0.15) is 11.1 Å². The molecule has 5 nitrogen and oxygen atoms in total. The fraction of sp³-hybridized carbons (Fsp3) is 0.0588. The molecule has 2 amide bonds. The maximum absolute atomic E-state index is 13.4. The van der Waals surface area contributed by atoms with Gasteiger partial charge in [0.15, 0.2) is 0 Å². The highest BCUT2D eigenvalue weighted by Gasteiger charge is 2.02. The van der Waals surface area contributed by atoms with Gasteiger partial charge in [0, 0.05) is 17.5 Å². The van der Waals surface area contributed by atoms with Crippen LogP contribution in [0.4, 0.5) is 14.9 Å². The molecule has 0 heterocycles. The molecule has 0 aliphatic carbocycles. The zero-order valence-electron chi connectivity index (χ0n) is 12.1. The number of benzene rings is 2. The molecule has 0 fully saturated rings. The maximum Gasteiger partial charge on any atom is 0.323 e. The molecule has 2 aromatic rings. The molecule has 23 heavy (non-hydrogen) atoms. The first-order valence-electron chi connectivity index (χ1n) is 6.84. The van der Waals surface area contributed by atoms with Gasteiger partial charge in [0.1, 0.15) is 5.82 Å². The molecule has 6 heteroatoms. The molecule has 3 N–H and O–H groups in total. The summed E-state index contributed by atoms with van der Waals surface area (Å²) in [6.07, 6.45) is 2.72. The Kier molecular flexibility index (Phi) is 5.46. The van der Waals surface area contributed by atoms with Crippen LogP contribution in [0.3, 0.4) is 0 Å². The summed E-state index contributed by atoms with van der Waals surface area (Å²) in [6.45, 7) is 0. The summed E-state index contributed by atoms with van der Waals surface area (Å²) in [7, 11) is 0. The van der Waals surface area contributed by atoms with Crippen molar-refractivity contribution in [3.8, 4) is 0 Å². The Labute approximate surface area is 132 Å². The van der Waals surface area contributed by atoms with Crippen molar-refractivity contribution in [1.82, 2.24) is 5.32 Å². The van der Waals surface area contributed by atoms with Gasteiger partial charge in [-0.15, -0.1) is 0 Å². The van der Waals surface area contributed by atoms with Gasteiger partial charge < -0.3 is 15.7 Å². The third-order valence-electron chi connectivity index (χ3n) is 2.95. The van der Waals surface area contributed by atoms with Crippen molar-refractivity contribution in [2.24, 2.45) is 0 Å². The fourth-order valence-electron chi connectivity index (χ4n) is 1.87. The van der Waals surface area contributed by atoms with E-state index in [9.17, 15) is 14.0 Å². The number of rotatable bonds is 5. The van der Waals surface area contributed by atoms with Crippen LogP contribution in [0.15, 0.2) is 54.7 Å². The number of nitrogens with one attached hydrogen (secondary N) is 2. The van der Waals surface area contributed by atoms with Crippen molar-refractivity contribution >= 4 is 23.8 Å². The molecule has 0 saturated carbocycles. The van der Waals surface area contributed by atoms with Crippen LogP contribution < -0.4 is 10.6 Å². The van der Waals surface area contributed by atoms with Crippen LogP contribution >= 0.6 is 0 Å². The summed E-state index contributed by atoms with van der Waals surface area (Å²) in [5.41, 5.74) is 1.53. The minimum Gasteiger partial charge on any atom is -0.481 e. The van der Waals surface area contributed by atoms with Gasteiger partial charge in [-0.3, -0.25) is 4.79 Å². The van der Waals surface area contributed by atoms with E-state index in [1.54, 1.807) is 42.5 Å². The van der Waals surface area contributed by atoms with E-state index in [0.717, 1.165) is 0 Å². The number of carboxylic acids is 1. The number of amides is 2. The molecule has 2 rings (SSSR count). The molecule has 0 aliphatic heterocycles. The molecule has 0 aromatic heterocycles. The largest absolute Gasteiger partial charge is 0.481 e. The summed E-state index contributed by atoms with van der Waals surface area (Å²) >= 11 is 0. The number of aliphatic carboxylic acids is 1. The zero-order chi connectivity index (χ0) is 16.7. The molecule has 0 radical (unpaired) electrons. The highest BCUT2D eigenvalue weighted by molar-refractivity contribution is 5.90. The molecule has 0 spiro atoms. The Morgan fingerprint density at radius 3 is 2.43 bits per heavy atom. The summed E-state index contributed by atoms with van der Waals surface area (Å²) in [6, 6.07) is 12.2. The minimum absolute atomic E-state index is 0.0716. The van der Waals surface area contributed by atoms with Gasteiger partial charge in [0.05, 0.1) is 6.42 Å². The zero-order valence-corrected chi connectivity index (χ0v) is 12.1. The number of halogens is 1. The highest BCUT2D eigenvalue weighted by Crippen LogP contribution is 2.10. The molecule has 0 aliphatic rings. The summed E-state index contributed by atoms with van der Waals surface area (Å²) in [5, 5.41) is 13.7. The van der Waals surface area contributed by atoms with Gasteiger partial charge in [0.25, 0.3) is 0 Å². The second kappa shape index (κ2) is 7.74. The third-order valence-corrected chi connectivity index (χ3v) is 2.95. The van der Waals surface area contributed by atoms with Crippen molar-refractivity contribution in [2.75, 3.05) is 5.32 Å². The lowest BCUT2D eigenvalue weighted by Gasteiger charge is -2.05. The number of carboxylic acid groups (broad SMARTS) is 1. The van der Waals surface area contributed by atoms with Crippen molar-refractivity contribution in [1.29, 1.82) is 0 Å². The normalized spacial score (nSPS) is 10.5. The van der Waals surface area contributed by atoms with E-state index in [2.05, 4.69) is 10.6 Å². The Hall–Kier alpha value is -3.15. The minimum atomic E-state index is -0.915. The lowest BCUT2D eigenvalue weighted by molar-refractivity contribution is -0.136. The number of anilines is 1. The number of carbonyl (C=O) groups excluding carboxylic acids is 1. The quantitative estimate of drug-likeness (QED) is 0.792. The van der Waals surface area contributed by atoms with Crippen LogP contribution in [0.5, 0.6) is 0 Å². The van der Waals surface area contributed by atoms with Gasteiger partial charge in [0.2, 0.25) is 0 Å². The van der Waals surface area contributed by atoms with E-state index in [4.69, 9.17) is 5.11 Å².